The highest BCUT2D eigenvalue weighted by molar-refractivity contribution is 7.92. The Bertz CT molecular complexity index is 1610. The third-order valence-corrected chi connectivity index (χ3v) is 7.52. The minimum Gasteiger partial charge on any atom is -0.497 e. The standard InChI is InChI=1S/C25H22N4O4S/c1-32-17-9-7-16(8-10-17)15-29-24(26)23(34(30,31)19-13-11-18(33-2)12-14-19)22-25(29)28-21-6-4-3-5-20(21)27-22/h3-14H,15,26H2,1-2H3. The van der Waals surface area contributed by atoms with Gasteiger partial charge in [-0.3, -0.25) is 0 Å². The number of fused-ring (bicyclic) bond motifs is 2. The zero-order valence-corrected chi connectivity index (χ0v) is 19.4. The van der Waals surface area contributed by atoms with E-state index in [1.807, 2.05) is 42.5 Å². The zero-order chi connectivity index (χ0) is 23.9. The highest BCUT2D eigenvalue weighted by atomic mass is 32.2. The van der Waals surface area contributed by atoms with E-state index in [1.54, 1.807) is 29.9 Å². The third-order valence-electron chi connectivity index (χ3n) is 5.68. The summed E-state index contributed by atoms with van der Waals surface area (Å²) in [7, 11) is -0.872. The van der Waals surface area contributed by atoms with Crippen LogP contribution in [0.25, 0.3) is 22.2 Å². The van der Waals surface area contributed by atoms with Crippen molar-refractivity contribution in [2.45, 2.75) is 16.3 Å². The molecule has 8 nitrogen and oxygen atoms in total. The van der Waals surface area contributed by atoms with E-state index in [0.717, 1.165) is 11.3 Å². The molecule has 0 aliphatic rings. The fourth-order valence-electron chi connectivity index (χ4n) is 3.90. The van der Waals surface area contributed by atoms with E-state index in [-0.39, 0.29) is 21.1 Å². The molecule has 0 radical (unpaired) electrons. The summed E-state index contributed by atoms with van der Waals surface area (Å²) in [6.45, 7) is 0.317. The smallest absolute Gasteiger partial charge is 0.212 e. The number of nitrogens with zero attached hydrogens (tertiary/aromatic N) is 3. The molecule has 0 saturated carbocycles. The molecule has 2 heterocycles. The van der Waals surface area contributed by atoms with Crippen LogP contribution in [0.2, 0.25) is 0 Å². The number of rotatable bonds is 6. The monoisotopic (exact) mass is 474 g/mol. The Labute approximate surface area is 196 Å². The van der Waals surface area contributed by atoms with Gasteiger partial charge in [-0.1, -0.05) is 24.3 Å². The lowest BCUT2D eigenvalue weighted by atomic mass is 10.2. The Morgan fingerprint density at radius 1 is 0.824 bits per heavy atom. The Hall–Kier alpha value is -4.11. The first-order valence-corrected chi connectivity index (χ1v) is 12.0. The number of hydrogen-bond donors (Lipinski definition) is 1. The van der Waals surface area contributed by atoms with Crippen molar-refractivity contribution in [3.05, 3.63) is 78.4 Å². The molecule has 2 N–H and O–H groups in total. The average Bonchev–Trinajstić information content (AvgIpc) is 3.13. The number of nitrogens with two attached hydrogens (primary N) is 1. The van der Waals surface area contributed by atoms with Crippen LogP contribution in [0.4, 0.5) is 5.82 Å². The number of hydrogen-bond acceptors (Lipinski definition) is 7. The van der Waals surface area contributed by atoms with E-state index in [2.05, 4.69) is 4.98 Å². The molecule has 0 aliphatic carbocycles. The maximum atomic E-state index is 13.7. The number of aromatic nitrogens is 3. The molecule has 0 atom stereocenters. The SMILES string of the molecule is COc1ccc(Cn2c(N)c(S(=O)(=O)c3ccc(OC)cc3)c3nc4ccccc4nc32)cc1. The van der Waals surface area contributed by atoms with Crippen LogP contribution >= 0.6 is 0 Å². The van der Waals surface area contributed by atoms with Crippen molar-refractivity contribution in [2.75, 3.05) is 20.0 Å². The topological polar surface area (TPSA) is 109 Å². The van der Waals surface area contributed by atoms with E-state index < -0.39 is 9.84 Å². The maximum Gasteiger partial charge on any atom is 0.212 e. The van der Waals surface area contributed by atoms with Crippen LogP contribution < -0.4 is 15.2 Å². The van der Waals surface area contributed by atoms with Crippen LogP contribution in [0.5, 0.6) is 11.5 Å². The minimum atomic E-state index is -4.00. The van der Waals surface area contributed by atoms with Crippen LogP contribution in [-0.4, -0.2) is 37.2 Å². The van der Waals surface area contributed by atoms with Gasteiger partial charge in [0.2, 0.25) is 9.84 Å². The molecular weight excluding hydrogens is 452 g/mol. The molecule has 0 bridgehead atoms. The summed E-state index contributed by atoms with van der Waals surface area (Å²) in [4.78, 5) is 9.44. The summed E-state index contributed by atoms with van der Waals surface area (Å²) < 4.78 is 39.6. The second-order valence-corrected chi connectivity index (χ2v) is 9.60. The van der Waals surface area contributed by atoms with Crippen molar-refractivity contribution >= 4 is 37.9 Å². The lowest BCUT2D eigenvalue weighted by Gasteiger charge is -2.09. The molecule has 2 aromatic heterocycles. The van der Waals surface area contributed by atoms with Crippen molar-refractivity contribution in [3.8, 4) is 11.5 Å². The van der Waals surface area contributed by atoms with Crippen LogP contribution in [0.15, 0.2) is 82.6 Å². The second kappa shape index (κ2) is 8.35. The van der Waals surface area contributed by atoms with Gasteiger partial charge in [-0.2, -0.15) is 0 Å². The Kier molecular flexibility index (Phi) is 5.33. The van der Waals surface area contributed by atoms with Gasteiger partial charge in [0.05, 0.1) is 36.7 Å². The maximum absolute atomic E-state index is 13.7. The lowest BCUT2D eigenvalue weighted by Crippen LogP contribution is -2.09. The number of ether oxygens (including phenoxy) is 2. The summed E-state index contributed by atoms with van der Waals surface area (Å²) >= 11 is 0. The number of sulfone groups is 1. The van der Waals surface area contributed by atoms with Crippen molar-refractivity contribution in [1.29, 1.82) is 0 Å². The van der Waals surface area contributed by atoms with Crippen molar-refractivity contribution < 1.29 is 17.9 Å². The quantitative estimate of drug-likeness (QED) is 0.395. The predicted molar refractivity (Wildman–Crippen MR) is 130 cm³/mol. The zero-order valence-electron chi connectivity index (χ0n) is 18.6. The van der Waals surface area contributed by atoms with E-state index in [0.29, 0.717) is 29.0 Å². The van der Waals surface area contributed by atoms with Gasteiger partial charge < -0.3 is 19.8 Å². The van der Waals surface area contributed by atoms with E-state index >= 15 is 0 Å². The molecule has 5 aromatic rings. The second-order valence-electron chi connectivity index (χ2n) is 7.71. The highest BCUT2D eigenvalue weighted by Crippen LogP contribution is 2.36. The van der Waals surface area contributed by atoms with Gasteiger partial charge in [0.1, 0.15) is 27.7 Å². The first kappa shape index (κ1) is 21.7. The molecule has 34 heavy (non-hydrogen) atoms. The van der Waals surface area contributed by atoms with Crippen LogP contribution in [0, 0.1) is 0 Å². The van der Waals surface area contributed by atoms with Gasteiger partial charge in [0.25, 0.3) is 0 Å². The molecule has 0 amide bonds. The molecule has 5 rings (SSSR count). The van der Waals surface area contributed by atoms with Crippen LogP contribution in [0.1, 0.15) is 5.56 Å². The van der Waals surface area contributed by atoms with Gasteiger partial charge in [0, 0.05) is 0 Å². The Morgan fingerprint density at radius 3 is 1.97 bits per heavy atom. The van der Waals surface area contributed by atoms with Gasteiger partial charge >= 0.3 is 0 Å². The minimum absolute atomic E-state index is 0.0561. The number of nitrogen functional groups attached to an aromatic ring is 1. The molecule has 172 valence electrons. The van der Waals surface area contributed by atoms with Crippen molar-refractivity contribution in [1.82, 2.24) is 14.5 Å². The first-order valence-electron chi connectivity index (χ1n) is 10.5. The number of methoxy groups -OCH3 is 2. The molecule has 0 saturated heterocycles. The van der Waals surface area contributed by atoms with Crippen molar-refractivity contribution in [2.24, 2.45) is 0 Å². The van der Waals surface area contributed by atoms with Gasteiger partial charge in [0.15, 0.2) is 5.65 Å². The van der Waals surface area contributed by atoms with Gasteiger partial charge in [-0.05, 0) is 54.1 Å². The molecule has 3 aromatic carbocycles. The number of para-hydroxylation sites is 2. The van der Waals surface area contributed by atoms with Crippen molar-refractivity contribution in [3.63, 3.8) is 0 Å². The summed E-state index contributed by atoms with van der Waals surface area (Å²) in [5.41, 5.74) is 9.30. The predicted octanol–water partition coefficient (Wildman–Crippen LogP) is 4.07. The molecule has 0 unspecified atom stereocenters. The number of anilines is 1. The van der Waals surface area contributed by atoms with E-state index in [4.69, 9.17) is 20.2 Å². The Balaban J connectivity index is 1.74. The molecule has 0 aliphatic heterocycles. The molecule has 0 fully saturated rings. The largest absolute Gasteiger partial charge is 0.497 e. The summed E-state index contributed by atoms with van der Waals surface area (Å²) in [6.07, 6.45) is 0. The van der Waals surface area contributed by atoms with E-state index in [9.17, 15) is 8.42 Å². The average molecular weight is 475 g/mol. The first-order chi connectivity index (χ1) is 16.4. The van der Waals surface area contributed by atoms with Crippen LogP contribution in [0.3, 0.4) is 0 Å². The molecule has 0 spiro atoms. The summed E-state index contributed by atoms with van der Waals surface area (Å²) in [6, 6.07) is 21.0. The summed E-state index contributed by atoms with van der Waals surface area (Å²) in [5.74, 6) is 1.36. The normalized spacial score (nSPS) is 11.7. The molecular formula is C25H22N4O4S. The molecule has 9 heteroatoms. The fraction of sp³-hybridized carbons (Fsp3) is 0.120. The Morgan fingerprint density at radius 2 is 1.38 bits per heavy atom. The highest BCUT2D eigenvalue weighted by Gasteiger charge is 2.30. The van der Waals surface area contributed by atoms with E-state index in [1.165, 1.54) is 19.2 Å². The van der Waals surface area contributed by atoms with Gasteiger partial charge in [-0.15, -0.1) is 0 Å². The van der Waals surface area contributed by atoms with Gasteiger partial charge in [-0.25, -0.2) is 18.4 Å². The lowest BCUT2D eigenvalue weighted by molar-refractivity contribution is 0.414. The number of benzene rings is 3. The summed E-state index contributed by atoms with van der Waals surface area (Å²) in [5, 5.41) is 0. The van der Waals surface area contributed by atoms with Crippen LogP contribution in [-0.2, 0) is 16.4 Å². The fourth-order valence-corrected chi connectivity index (χ4v) is 5.41. The third kappa shape index (κ3) is 3.60.